The monoisotopic (exact) mass is 1240 g/mol. The Bertz CT molecular complexity index is 5060. The first-order valence-corrected chi connectivity index (χ1v) is 34.5. The summed E-state index contributed by atoms with van der Waals surface area (Å²) in [6.07, 6.45) is 0. The molecule has 0 spiro atoms. The summed E-state index contributed by atoms with van der Waals surface area (Å²) in [5, 5.41) is 2.56. The van der Waals surface area contributed by atoms with E-state index in [4.69, 9.17) is 0 Å². The van der Waals surface area contributed by atoms with Crippen molar-refractivity contribution in [3.63, 3.8) is 0 Å². The van der Waals surface area contributed by atoms with Gasteiger partial charge < -0.3 is 18.8 Å². The summed E-state index contributed by atoms with van der Waals surface area (Å²) < 4.78 is 5.57. The van der Waals surface area contributed by atoms with Gasteiger partial charge in [-0.2, -0.15) is 0 Å². The van der Waals surface area contributed by atoms with Crippen molar-refractivity contribution in [3.05, 3.63) is 288 Å². The molecule has 1 unspecified atom stereocenters. The van der Waals surface area contributed by atoms with Gasteiger partial charge >= 0.3 is 6.85 Å². The fourth-order valence-corrected chi connectivity index (χ4v) is 16.8. The van der Waals surface area contributed by atoms with E-state index < -0.39 is 0 Å². The first-order chi connectivity index (χ1) is 46.2. The van der Waals surface area contributed by atoms with Crippen molar-refractivity contribution in [2.75, 3.05) is 9.80 Å². The first-order valence-electron chi connectivity index (χ1n) is 34.5. The molecule has 0 bridgehead atoms. The van der Waals surface area contributed by atoms with Crippen LogP contribution in [0.4, 0.5) is 34.1 Å². The van der Waals surface area contributed by atoms with Crippen LogP contribution in [0.15, 0.2) is 255 Å². The van der Waals surface area contributed by atoms with Gasteiger partial charge in [0.05, 0.1) is 34.0 Å². The Hall–Kier alpha value is -10.4. The number of para-hydroxylation sites is 4. The third-order valence-corrected chi connectivity index (χ3v) is 21.7. The largest absolute Gasteiger partial charge is 0.374 e. The Morgan fingerprint density at radius 2 is 0.677 bits per heavy atom. The average molecular weight is 1240 g/mol. The molecule has 0 fully saturated rings. The number of anilines is 6. The standard InChI is InChI=1S/C91H79BN4/c1-88(2,3)63-41-33-55(34-42-63)59-49-60(56-35-43-64(44-36-56)89(4,5)6)52-67(51-59)93-77-29-15-13-21-73(77)85-81-69(22-19-31-79(81)93)71-24-17-26-74-83(71)95(85)86-75-27-18-25-72-70-23-20-32-80-82(70)92(96(84(72)75)87(74)86)76-28-14-16-30-78(76)94(80)68-53-61(57-37-45-65(46-38-57)90(7,8)9)50-62(54-68)58-39-47-66(48-40-58)91(10,11)12/h13-54,85H,1-12H3. The number of rotatable bonds is 6. The zero-order valence-electron chi connectivity index (χ0n) is 57.2. The second kappa shape index (κ2) is 20.6. The van der Waals surface area contributed by atoms with Crippen molar-refractivity contribution in [2.45, 2.75) is 111 Å². The van der Waals surface area contributed by atoms with Crippen LogP contribution < -0.4 is 20.7 Å². The summed E-state index contributed by atoms with van der Waals surface area (Å²) in [5.74, 6) is 0. The van der Waals surface area contributed by atoms with Gasteiger partial charge in [-0.05, 0) is 171 Å². The highest BCUT2D eigenvalue weighted by atomic mass is 15.2. The van der Waals surface area contributed by atoms with Gasteiger partial charge in [0.25, 0.3) is 0 Å². The van der Waals surface area contributed by atoms with Crippen LogP contribution in [-0.4, -0.2) is 15.9 Å². The molecule has 5 heteroatoms. The lowest BCUT2D eigenvalue weighted by atomic mass is 9.45. The van der Waals surface area contributed by atoms with Crippen molar-refractivity contribution >= 4 is 84.7 Å². The van der Waals surface area contributed by atoms with Crippen molar-refractivity contribution in [2.24, 2.45) is 0 Å². The van der Waals surface area contributed by atoms with Crippen molar-refractivity contribution in [1.82, 2.24) is 9.05 Å². The zero-order chi connectivity index (χ0) is 65.6. The molecule has 96 heavy (non-hydrogen) atoms. The van der Waals surface area contributed by atoms with Gasteiger partial charge in [0.2, 0.25) is 0 Å². The molecular formula is C91H79BN4. The smallest absolute Gasteiger partial charge is 0.333 e. The Labute approximate surface area is 565 Å². The van der Waals surface area contributed by atoms with Gasteiger partial charge in [-0.3, -0.25) is 0 Å². The Morgan fingerprint density at radius 3 is 1.17 bits per heavy atom. The molecule has 0 saturated carbocycles. The molecule has 14 aromatic rings. The van der Waals surface area contributed by atoms with Crippen molar-refractivity contribution in [1.29, 1.82) is 0 Å². The molecule has 0 radical (unpaired) electrons. The number of hydrogen-bond donors (Lipinski definition) is 0. The van der Waals surface area contributed by atoms with Gasteiger partial charge in [0.15, 0.2) is 0 Å². The van der Waals surface area contributed by atoms with Crippen LogP contribution in [-0.2, 0) is 21.7 Å². The van der Waals surface area contributed by atoms with E-state index >= 15 is 0 Å². The zero-order valence-corrected chi connectivity index (χ0v) is 57.2. The van der Waals surface area contributed by atoms with E-state index in [0.717, 1.165) is 11.4 Å². The van der Waals surface area contributed by atoms with E-state index in [2.05, 4.69) is 357 Å². The predicted molar refractivity (Wildman–Crippen MR) is 409 cm³/mol. The quantitative estimate of drug-likeness (QED) is 0.154. The highest BCUT2D eigenvalue weighted by Crippen LogP contribution is 2.60. The van der Waals surface area contributed by atoms with Crippen LogP contribution in [0.25, 0.3) is 99.6 Å². The molecule has 2 aromatic heterocycles. The maximum atomic E-state index is 2.78. The summed E-state index contributed by atoms with van der Waals surface area (Å²) in [7, 11) is 0. The summed E-state index contributed by atoms with van der Waals surface area (Å²) in [4.78, 5) is 5.16. The lowest BCUT2D eigenvalue weighted by Gasteiger charge is -2.42. The number of hydrogen-bond acceptors (Lipinski definition) is 2. The molecule has 6 heterocycles. The molecule has 0 amide bonds. The number of aromatic nitrogens is 2. The minimum absolute atomic E-state index is 0.0436. The number of benzene rings is 12. The van der Waals surface area contributed by atoms with E-state index in [1.165, 1.54) is 167 Å². The lowest BCUT2D eigenvalue weighted by molar-refractivity contribution is 0.590. The molecule has 4 nitrogen and oxygen atoms in total. The topological polar surface area (TPSA) is 16.3 Å². The molecule has 0 aliphatic carbocycles. The van der Waals surface area contributed by atoms with Gasteiger partial charge in [-0.25, -0.2) is 0 Å². The Morgan fingerprint density at radius 1 is 0.292 bits per heavy atom. The van der Waals surface area contributed by atoms with Crippen LogP contribution >= 0.6 is 0 Å². The summed E-state index contributed by atoms with van der Waals surface area (Å²) >= 11 is 0. The van der Waals surface area contributed by atoms with E-state index in [0.29, 0.717) is 0 Å². The van der Waals surface area contributed by atoms with Crippen molar-refractivity contribution < 1.29 is 0 Å². The summed E-state index contributed by atoms with van der Waals surface area (Å²) in [6.45, 7) is 27.4. The lowest BCUT2D eigenvalue weighted by Crippen LogP contribution is -2.56. The molecule has 12 aromatic carbocycles. The van der Waals surface area contributed by atoms with Crippen LogP contribution in [0.5, 0.6) is 0 Å². The maximum absolute atomic E-state index is 2.78. The van der Waals surface area contributed by atoms with E-state index in [1.807, 2.05) is 0 Å². The van der Waals surface area contributed by atoms with Gasteiger partial charge in [-0.1, -0.05) is 277 Å². The van der Waals surface area contributed by atoms with Gasteiger partial charge in [-0.15, -0.1) is 0 Å². The second-order valence-electron chi connectivity index (χ2n) is 31.8. The fraction of sp³-hybridized carbons (Fsp3) is 0.187. The van der Waals surface area contributed by atoms with E-state index in [9.17, 15) is 0 Å². The molecule has 0 saturated heterocycles. The average Bonchev–Trinajstić information content (AvgIpc) is 1.45. The van der Waals surface area contributed by atoms with Gasteiger partial charge in [0.1, 0.15) is 0 Å². The molecule has 4 aliphatic rings. The first kappa shape index (κ1) is 58.2. The summed E-state index contributed by atoms with van der Waals surface area (Å²) in [6, 6.07) is 98.6. The second-order valence-corrected chi connectivity index (χ2v) is 31.8. The normalized spacial score (nSPS) is 14.5. The number of fused-ring (bicyclic) bond motifs is 13. The van der Waals surface area contributed by atoms with Gasteiger partial charge in [0, 0.05) is 61.3 Å². The van der Waals surface area contributed by atoms with Crippen LogP contribution in [0.2, 0.25) is 0 Å². The highest BCUT2D eigenvalue weighted by molar-refractivity contribution is 6.90. The summed E-state index contributed by atoms with van der Waals surface area (Å²) in [5.41, 5.74) is 37.7. The Balaban J connectivity index is 0.838. The van der Waals surface area contributed by atoms with Crippen molar-refractivity contribution in [3.8, 4) is 66.8 Å². The molecule has 18 rings (SSSR count). The Kier molecular flexibility index (Phi) is 12.5. The third-order valence-electron chi connectivity index (χ3n) is 21.7. The highest BCUT2D eigenvalue weighted by Gasteiger charge is 2.46. The molecular weight excluding hydrogens is 1160 g/mol. The minimum atomic E-state index is -0.123. The minimum Gasteiger partial charge on any atom is -0.374 e. The molecule has 0 N–H and O–H groups in total. The molecule has 1 atom stereocenters. The van der Waals surface area contributed by atoms with E-state index in [-0.39, 0.29) is 34.5 Å². The fourth-order valence-electron chi connectivity index (χ4n) is 16.8. The predicted octanol–water partition coefficient (Wildman–Crippen LogP) is 23.4. The van der Waals surface area contributed by atoms with Crippen LogP contribution in [0, 0.1) is 0 Å². The van der Waals surface area contributed by atoms with Crippen LogP contribution in [0.3, 0.4) is 0 Å². The SMILES string of the molecule is CC(C)(C)c1ccc(-c2cc(-c3ccc(C(C)(C)C)cc3)cc(N3c4ccccc4B4c5c(cccc53)-c3cccc5c3n4c3c4cccc6c4n(c53)C3c4ccccc4N(c4cc(-c5ccc(C(C)(C)C)cc5)cc(-c5ccc(C(C)(C)C)cc5)c4)c4cccc-6c43)c2)cc1. The maximum Gasteiger partial charge on any atom is 0.333 e. The third kappa shape index (κ3) is 8.74. The molecule has 4 aliphatic heterocycles. The van der Waals surface area contributed by atoms with Crippen LogP contribution in [0.1, 0.15) is 123 Å². The van der Waals surface area contributed by atoms with E-state index in [1.54, 1.807) is 0 Å². The molecule has 466 valence electrons. The number of nitrogens with zero attached hydrogens (tertiary/aromatic N) is 4.